The first-order chi connectivity index (χ1) is 11.4. The molecule has 0 fully saturated rings. The van der Waals surface area contributed by atoms with Gasteiger partial charge in [-0.05, 0) is 37.4 Å². The molecule has 2 nitrogen and oxygen atoms in total. The van der Waals surface area contributed by atoms with Crippen molar-refractivity contribution in [2.75, 3.05) is 13.2 Å². The van der Waals surface area contributed by atoms with Gasteiger partial charge in [-0.3, -0.25) is 0 Å². The van der Waals surface area contributed by atoms with Crippen LogP contribution in [0.25, 0.3) is 0 Å². The summed E-state index contributed by atoms with van der Waals surface area (Å²) in [7, 11) is 0. The Balaban J connectivity index is 1.42. The van der Waals surface area contributed by atoms with E-state index >= 15 is 0 Å². The second-order valence-electron chi connectivity index (χ2n) is 6.04. The molecule has 0 saturated heterocycles. The van der Waals surface area contributed by atoms with Gasteiger partial charge in [0.1, 0.15) is 0 Å². The Morgan fingerprint density at radius 1 is 0.826 bits per heavy atom. The van der Waals surface area contributed by atoms with Crippen LogP contribution in [0.3, 0.4) is 0 Å². The second kappa shape index (κ2) is 11.0. The maximum Gasteiger partial charge on any atom is 0.0716 e. The van der Waals surface area contributed by atoms with Crippen LogP contribution in [-0.2, 0) is 11.3 Å². The minimum absolute atomic E-state index is 0.436. The summed E-state index contributed by atoms with van der Waals surface area (Å²) < 4.78 is 5.71. The molecular weight excluding hydrogens is 282 g/mol. The molecule has 0 bridgehead atoms. The lowest BCUT2D eigenvalue weighted by Crippen LogP contribution is -2.19. The van der Waals surface area contributed by atoms with Crippen molar-refractivity contribution in [3.8, 4) is 0 Å². The largest absolute Gasteiger partial charge is 0.377 e. The van der Waals surface area contributed by atoms with Crippen LogP contribution in [0.5, 0.6) is 0 Å². The van der Waals surface area contributed by atoms with Gasteiger partial charge >= 0.3 is 0 Å². The average molecular weight is 311 g/mol. The molecule has 0 aromatic heterocycles. The van der Waals surface area contributed by atoms with Crippen molar-refractivity contribution in [3.63, 3.8) is 0 Å². The maximum absolute atomic E-state index is 5.71. The van der Waals surface area contributed by atoms with Gasteiger partial charge in [-0.1, -0.05) is 73.5 Å². The van der Waals surface area contributed by atoms with E-state index in [1.807, 2.05) is 6.07 Å². The molecule has 1 atom stereocenters. The molecule has 0 saturated carbocycles. The molecule has 23 heavy (non-hydrogen) atoms. The highest BCUT2D eigenvalue weighted by atomic mass is 16.5. The molecule has 0 spiro atoms. The standard InChI is InChI=1S/C21H29NO/c1-19(21-14-8-5-9-15-21)22-16-10-2-3-11-17-23-18-20-12-6-4-7-13-20/h4-9,12-15,19,22H,2-3,10-11,16-18H2,1H3/t19-/m0/s1. The normalized spacial score (nSPS) is 12.2. The Morgan fingerprint density at radius 2 is 1.48 bits per heavy atom. The minimum Gasteiger partial charge on any atom is -0.377 e. The van der Waals surface area contributed by atoms with Crippen LogP contribution < -0.4 is 5.32 Å². The molecule has 0 heterocycles. The van der Waals surface area contributed by atoms with E-state index < -0.39 is 0 Å². The van der Waals surface area contributed by atoms with Gasteiger partial charge in [0.2, 0.25) is 0 Å². The Bertz CT molecular complexity index is 512. The predicted molar refractivity (Wildman–Crippen MR) is 97.4 cm³/mol. The highest BCUT2D eigenvalue weighted by molar-refractivity contribution is 5.18. The Morgan fingerprint density at radius 3 is 2.22 bits per heavy atom. The average Bonchev–Trinajstić information content (AvgIpc) is 2.61. The lowest BCUT2D eigenvalue weighted by Gasteiger charge is -2.14. The molecular formula is C21H29NO. The van der Waals surface area contributed by atoms with Gasteiger partial charge < -0.3 is 10.1 Å². The van der Waals surface area contributed by atoms with Crippen LogP contribution >= 0.6 is 0 Å². The van der Waals surface area contributed by atoms with Crippen LogP contribution in [0.2, 0.25) is 0 Å². The van der Waals surface area contributed by atoms with Crippen molar-refractivity contribution >= 4 is 0 Å². The number of ether oxygens (including phenoxy) is 1. The summed E-state index contributed by atoms with van der Waals surface area (Å²) in [5.74, 6) is 0. The summed E-state index contributed by atoms with van der Waals surface area (Å²) in [5, 5.41) is 3.59. The number of hydrogen-bond donors (Lipinski definition) is 1. The lowest BCUT2D eigenvalue weighted by molar-refractivity contribution is 0.116. The molecule has 2 aromatic carbocycles. The second-order valence-corrected chi connectivity index (χ2v) is 6.04. The number of nitrogens with one attached hydrogen (secondary N) is 1. The van der Waals surface area contributed by atoms with Crippen molar-refractivity contribution in [1.82, 2.24) is 5.32 Å². The van der Waals surface area contributed by atoms with E-state index in [0.717, 1.165) is 26.2 Å². The van der Waals surface area contributed by atoms with E-state index in [2.05, 4.69) is 66.8 Å². The van der Waals surface area contributed by atoms with Gasteiger partial charge in [0, 0.05) is 12.6 Å². The van der Waals surface area contributed by atoms with Gasteiger partial charge in [-0.15, -0.1) is 0 Å². The highest BCUT2D eigenvalue weighted by Crippen LogP contribution is 2.11. The zero-order valence-electron chi connectivity index (χ0n) is 14.2. The van der Waals surface area contributed by atoms with Crippen molar-refractivity contribution in [2.45, 2.75) is 45.3 Å². The first-order valence-corrected chi connectivity index (χ1v) is 8.76. The summed E-state index contributed by atoms with van der Waals surface area (Å²) in [6.07, 6.45) is 4.90. The third kappa shape index (κ3) is 7.45. The minimum atomic E-state index is 0.436. The maximum atomic E-state index is 5.71. The van der Waals surface area contributed by atoms with Crippen molar-refractivity contribution in [1.29, 1.82) is 0 Å². The Kier molecular flexibility index (Phi) is 8.46. The fourth-order valence-corrected chi connectivity index (χ4v) is 2.63. The van der Waals surface area contributed by atoms with Crippen LogP contribution in [0, 0.1) is 0 Å². The number of hydrogen-bond acceptors (Lipinski definition) is 2. The third-order valence-corrected chi connectivity index (χ3v) is 4.08. The van der Waals surface area contributed by atoms with Crippen LogP contribution in [0.4, 0.5) is 0 Å². The van der Waals surface area contributed by atoms with Crippen LogP contribution in [0.15, 0.2) is 60.7 Å². The third-order valence-electron chi connectivity index (χ3n) is 4.08. The van der Waals surface area contributed by atoms with E-state index in [1.165, 1.54) is 30.4 Å². The monoisotopic (exact) mass is 311 g/mol. The van der Waals surface area contributed by atoms with Crippen LogP contribution in [-0.4, -0.2) is 13.2 Å². The Labute approximate surface area is 140 Å². The first-order valence-electron chi connectivity index (χ1n) is 8.76. The van der Waals surface area contributed by atoms with Gasteiger partial charge in [0.05, 0.1) is 6.61 Å². The van der Waals surface area contributed by atoms with Crippen molar-refractivity contribution < 1.29 is 4.74 Å². The van der Waals surface area contributed by atoms with Gasteiger partial charge in [0.25, 0.3) is 0 Å². The van der Waals surface area contributed by atoms with Crippen molar-refractivity contribution in [2.24, 2.45) is 0 Å². The molecule has 0 radical (unpaired) electrons. The van der Waals surface area contributed by atoms with Crippen LogP contribution in [0.1, 0.15) is 49.8 Å². The molecule has 1 N–H and O–H groups in total. The number of benzene rings is 2. The molecule has 2 rings (SSSR count). The van der Waals surface area contributed by atoms with Gasteiger partial charge in [-0.2, -0.15) is 0 Å². The molecule has 0 aliphatic heterocycles. The quantitative estimate of drug-likeness (QED) is 0.582. The smallest absolute Gasteiger partial charge is 0.0716 e. The van der Waals surface area contributed by atoms with Gasteiger partial charge in [0.15, 0.2) is 0 Å². The fraction of sp³-hybridized carbons (Fsp3) is 0.429. The topological polar surface area (TPSA) is 21.3 Å². The van der Waals surface area contributed by atoms with Crippen molar-refractivity contribution in [3.05, 3.63) is 71.8 Å². The Hall–Kier alpha value is -1.64. The van der Waals surface area contributed by atoms with E-state index in [-0.39, 0.29) is 0 Å². The SMILES string of the molecule is C[C@H](NCCCCCCOCc1ccccc1)c1ccccc1. The lowest BCUT2D eigenvalue weighted by atomic mass is 10.1. The zero-order valence-corrected chi connectivity index (χ0v) is 14.2. The molecule has 0 aliphatic carbocycles. The molecule has 0 amide bonds. The van der Waals surface area contributed by atoms with E-state index in [0.29, 0.717) is 6.04 Å². The summed E-state index contributed by atoms with van der Waals surface area (Å²) in [6.45, 7) is 4.91. The zero-order chi connectivity index (χ0) is 16.2. The molecule has 2 heteroatoms. The van der Waals surface area contributed by atoms with Gasteiger partial charge in [-0.25, -0.2) is 0 Å². The fourth-order valence-electron chi connectivity index (χ4n) is 2.63. The highest BCUT2D eigenvalue weighted by Gasteiger charge is 2.02. The molecule has 2 aromatic rings. The summed E-state index contributed by atoms with van der Waals surface area (Å²) in [4.78, 5) is 0. The first kappa shape index (κ1) is 17.7. The molecule has 124 valence electrons. The van der Waals surface area contributed by atoms with E-state index in [4.69, 9.17) is 4.74 Å². The summed E-state index contributed by atoms with van der Waals surface area (Å²) in [5.41, 5.74) is 2.62. The predicted octanol–water partition coefficient (Wildman–Crippen LogP) is 5.11. The van der Waals surface area contributed by atoms with E-state index in [9.17, 15) is 0 Å². The molecule has 0 aliphatic rings. The summed E-state index contributed by atoms with van der Waals surface area (Å²) >= 11 is 0. The molecule has 0 unspecified atom stereocenters. The van der Waals surface area contributed by atoms with E-state index in [1.54, 1.807) is 0 Å². The number of unbranched alkanes of at least 4 members (excludes halogenated alkanes) is 3. The number of rotatable bonds is 11. The summed E-state index contributed by atoms with van der Waals surface area (Å²) in [6, 6.07) is 21.4.